The summed E-state index contributed by atoms with van der Waals surface area (Å²) in [5, 5.41) is 6.91. The van der Waals surface area contributed by atoms with E-state index in [4.69, 9.17) is 4.98 Å². The number of anilines is 1. The number of fused-ring (bicyclic) bond motifs is 1. The molecule has 1 aromatic carbocycles. The molecule has 0 bridgehead atoms. The molecule has 0 fully saturated rings. The number of carbonyl (C=O) groups is 1. The summed E-state index contributed by atoms with van der Waals surface area (Å²) >= 11 is 0. The molecule has 0 aliphatic rings. The Kier molecular flexibility index (Phi) is 3.87. The summed E-state index contributed by atoms with van der Waals surface area (Å²) in [7, 11) is 2.01. The van der Waals surface area contributed by atoms with Crippen LogP contribution in [-0.4, -0.2) is 30.2 Å². The maximum Gasteiger partial charge on any atom is 0.249 e. The molecule has 1 atom stereocenters. The SMILES string of the molecule is C[C@H](C(=O)Nc1ccc2c(c1)nc(C(C)(C)C)n2C)n1cncn1. The second-order valence-electron chi connectivity index (χ2n) is 6.99. The smallest absolute Gasteiger partial charge is 0.249 e. The van der Waals surface area contributed by atoms with Crippen molar-refractivity contribution in [3.63, 3.8) is 0 Å². The van der Waals surface area contributed by atoms with Gasteiger partial charge in [-0.05, 0) is 25.1 Å². The van der Waals surface area contributed by atoms with Crippen LogP contribution in [0.1, 0.15) is 39.6 Å². The van der Waals surface area contributed by atoms with Crippen LogP contribution in [-0.2, 0) is 17.3 Å². The van der Waals surface area contributed by atoms with Gasteiger partial charge in [-0.25, -0.2) is 14.6 Å². The second-order valence-corrected chi connectivity index (χ2v) is 6.99. The number of hydrogen-bond donors (Lipinski definition) is 1. The van der Waals surface area contributed by atoms with Crippen molar-refractivity contribution in [1.82, 2.24) is 24.3 Å². The topological polar surface area (TPSA) is 77.6 Å². The monoisotopic (exact) mass is 326 g/mol. The zero-order valence-electron chi connectivity index (χ0n) is 14.6. The van der Waals surface area contributed by atoms with E-state index in [9.17, 15) is 4.79 Å². The number of hydrogen-bond acceptors (Lipinski definition) is 4. The molecule has 2 heterocycles. The van der Waals surface area contributed by atoms with Gasteiger partial charge in [-0.3, -0.25) is 4.79 Å². The Hall–Kier alpha value is -2.70. The molecule has 0 unspecified atom stereocenters. The van der Waals surface area contributed by atoms with Crippen molar-refractivity contribution in [3.8, 4) is 0 Å². The highest BCUT2D eigenvalue weighted by Gasteiger charge is 2.21. The number of nitrogens with one attached hydrogen (secondary N) is 1. The summed E-state index contributed by atoms with van der Waals surface area (Å²) in [4.78, 5) is 21.0. The Morgan fingerprint density at radius 1 is 1.29 bits per heavy atom. The summed E-state index contributed by atoms with van der Waals surface area (Å²) < 4.78 is 3.62. The Labute approximate surface area is 140 Å². The van der Waals surface area contributed by atoms with E-state index in [0.717, 1.165) is 22.5 Å². The first-order chi connectivity index (χ1) is 11.3. The Morgan fingerprint density at radius 2 is 2.04 bits per heavy atom. The minimum atomic E-state index is -0.433. The molecule has 0 radical (unpaired) electrons. The minimum Gasteiger partial charge on any atom is -0.331 e. The summed E-state index contributed by atoms with van der Waals surface area (Å²) in [6.45, 7) is 8.19. The summed E-state index contributed by atoms with van der Waals surface area (Å²) in [5.74, 6) is 0.865. The van der Waals surface area contributed by atoms with Gasteiger partial charge in [-0.15, -0.1) is 0 Å². The maximum atomic E-state index is 12.4. The van der Waals surface area contributed by atoms with Crippen LogP contribution in [0.5, 0.6) is 0 Å². The lowest BCUT2D eigenvalue weighted by atomic mass is 9.96. The molecular weight excluding hydrogens is 304 g/mol. The lowest BCUT2D eigenvalue weighted by molar-refractivity contribution is -0.119. The van der Waals surface area contributed by atoms with E-state index in [1.54, 1.807) is 6.92 Å². The van der Waals surface area contributed by atoms with Crippen molar-refractivity contribution in [2.75, 3.05) is 5.32 Å². The third kappa shape index (κ3) is 2.89. The molecule has 0 saturated heterocycles. The average molecular weight is 326 g/mol. The van der Waals surface area contributed by atoms with Crippen LogP contribution < -0.4 is 5.32 Å². The first-order valence-electron chi connectivity index (χ1n) is 7.89. The molecule has 126 valence electrons. The molecule has 0 saturated carbocycles. The van der Waals surface area contributed by atoms with E-state index in [2.05, 4.69) is 40.7 Å². The van der Waals surface area contributed by atoms with Gasteiger partial charge in [0.05, 0.1) is 11.0 Å². The first kappa shape index (κ1) is 16.2. The Balaban J connectivity index is 1.87. The zero-order chi connectivity index (χ0) is 17.5. The van der Waals surface area contributed by atoms with Gasteiger partial charge >= 0.3 is 0 Å². The third-order valence-corrected chi connectivity index (χ3v) is 4.03. The highest BCUT2D eigenvalue weighted by Crippen LogP contribution is 2.27. The fourth-order valence-corrected chi connectivity index (χ4v) is 2.73. The molecule has 0 aliphatic carbocycles. The van der Waals surface area contributed by atoms with Gasteiger partial charge in [0.25, 0.3) is 0 Å². The van der Waals surface area contributed by atoms with Gasteiger partial charge in [0, 0.05) is 18.2 Å². The predicted octanol–water partition coefficient (Wildman–Crippen LogP) is 2.66. The number of carbonyl (C=O) groups excluding carboxylic acids is 1. The molecule has 0 aliphatic heterocycles. The molecule has 3 rings (SSSR count). The molecule has 7 heteroatoms. The van der Waals surface area contributed by atoms with Gasteiger partial charge in [0.15, 0.2) is 0 Å². The van der Waals surface area contributed by atoms with Crippen molar-refractivity contribution in [3.05, 3.63) is 36.7 Å². The van der Waals surface area contributed by atoms with Gasteiger partial charge in [0.2, 0.25) is 5.91 Å². The molecule has 3 aromatic rings. The highest BCUT2D eigenvalue weighted by molar-refractivity contribution is 5.95. The van der Waals surface area contributed by atoms with Crippen LogP contribution in [0, 0.1) is 0 Å². The fourth-order valence-electron chi connectivity index (χ4n) is 2.73. The Bertz CT molecular complexity index is 873. The van der Waals surface area contributed by atoms with Crippen molar-refractivity contribution < 1.29 is 4.79 Å². The van der Waals surface area contributed by atoms with Gasteiger partial charge in [-0.1, -0.05) is 20.8 Å². The second kappa shape index (κ2) is 5.74. The van der Waals surface area contributed by atoms with E-state index < -0.39 is 6.04 Å². The van der Waals surface area contributed by atoms with E-state index >= 15 is 0 Å². The number of amides is 1. The number of benzene rings is 1. The van der Waals surface area contributed by atoms with Crippen molar-refractivity contribution in [2.45, 2.75) is 39.2 Å². The maximum absolute atomic E-state index is 12.4. The Morgan fingerprint density at radius 3 is 2.67 bits per heavy atom. The lowest BCUT2D eigenvalue weighted by Gasteiger charge is -2.17. The van der Waals surface area contributed by atoms with Gasteiger partial charge in [0.1, 0.15) is 24.5 Å². The molecule has 7 nitrogen and oxygen atoms in total. The van der Waals surface area contributed by atoms with Crippen molar-refractivity contribution in [2.24, 2.45) is 7.05 Å². The predicted molar refractivity (Wildman–Crippen MR) is 92.8 cm³/mol. The van der Waals surface area contributed by atoms with Crippen LogP contribution in [0.2, 0.25) is 0 Å². The van der Waals surface area contributed by atoms with Crippen molar-refractivity contribution in [1.29, 1.82) is 0 Å². The normalized spacial score (nSPS) is 13.2. The molecule has 1 N–H and O–H groups in total. The number of imidazole rings is 1. The number of aryl methyl sites for hydroxylation is 1. The van der Waals surface area contributed by atoms with E-state index in [1.807, 2.05) is 25.2 Å². The molecular formula is C17H22N6O. The standard InChI is InChI=1S/C17H22N6O/c1-11(23-10-18-9-19-23)15(24)20-12-6-7-14-13(8-12)21-16(22(14)5)17(2,3)4/h6-11H,1-5H3,(H,20,24)/t11-/m1/s1. The lowest BCUT2D eigenvalue weighted by Crippen LogP contribution is -2.24. The molecule has 1 amide bonds. The highest BCUT2D eigenvalue weighted by atomic mass is 16.2. The molecule has 2 aromatic heterocycles. The number of aromatic nitrogens is 5. The van der Waals surface area contributed by atoms with Crippen molar-refractivity contribution >= 4 is 22.6 Å². The van der Waals surface area contributed by atoms with E-state index in [1.165, 1.54) is 17.3 Å². The van der Waals surface area contributed by atoms with Gasteiger partial charge < -0.3 is 9.88 Å². The quantitative estimate of drug-likeness (QED) is 0.802. The zero-order valence-corrected chi connectivity index (χ0v) is 14.6. The van der Waals surface area contributed by atoms with Crippen LogP contribution in [0.4, 0.5) is 5.69 Å². The summed E-state index contributed by atoms with van der Waals surface area (Å²) in [5.41, 5.74) is 2.59. The molecule has 24 heavy (non-hydrogen) atoms. The average Bonchev–Trinajstić information content (AvgIpc) is 3.14. The van der Waals surface area contributed by atoms with E-state index in [0.29, 0.717) is 0 Å². The molecule has 0 spiro atoms. The first-order valence-corrected chi connectivity index (χ1v) is 7.89. The van der Waals surface area contributed by atoms with Crippen LogP contribution >= 0.6 is 0 Å². The third-order valence-electron chi connectivity index (χ3n) is 4.03. The van der Waals surface area contributed by atoms with Crippen LogP contribution in [0.15, 0.2) is 30.9 Å². The summed E-state index contributed by atoms with van der Waals surface area (Å²) in [6, 6.07) is 5.34. The van der Waals surface area contributed by atoms with E-state index in [-0.39, 0.29) is 11.3 Å². The minimum absolute atomic E-state index is 0.0429. The van der Waals surface area contributed by atoms with Crippen LogP contribution in [0.3, 0.4) is 0 Å². The fraction of sp³-hybridized carbons (Fsp3) is 0.412. The number of rotatable bonds is 3. The van der Waals surface area contributed by atoms with Crippen LogP contribution in [0.25, 0.3) is 11.0 Å². The number of nitrogens with zero attached hydrogens (tertiary/aromatic N) is 5. The summed E-state index contributed by atoms with van der Waals surface area (Å²) in [6.07, 6.45) is 2.94. The van der Waals surface area contributed by atoms with Gasteiger partial charge in [-0.2, -0.15) is 5.10 Å². The largest absolute Gasteiger partial charge is 0.331 e.